The summed E-state index contributed by atoms with van der Waals surface area (Å²) < 4.78 is 8.12. The molecule has 0 amide bonds. The monoisotopic (exact) mass is 314 g/mol. The van der Waals surface area contributed by atoms with E-state index >= 15 is 0 Å². The van der Waals surface area contributed by atoms with Gasteiger partial charge in [0.15, 0.2) is 0 Å². The molecular formula is C18H26N4O. The van der Waals surface area contributed by atoms with Crippen molar-refractivity contribution >= 4 is 0 Å². The van der Waals surface area contributed by atoms with Crippen molar-refractivity contribution in [3.8, 4) is 0 Å². The molecule has 5 heteroatoms. The van der Waals surface area contributed by atoms with Crippen LogP contribution in [0.3, 0.4) is 0 Å². The van der Waals surface area contributed by atoms with Crippen molar-refractivity contribution in [2.24, 2.45) is 0 Å². The quantitative estimate of drug-likeness (QED) is 0.848. The maximum absolute atomic E-state index is 5.96. The third-order valence-corrected chi connectivity index (χ3v) is 5.13. The summed E-state index contributed by atoms with van der Waals surface area (Å²) in [6.07, 6.45) is 8.27. The SMILES string of the molecule is Cc1cc(C)n(CC2CCCCN2Cc2ncc(C3CC3)o2)n1. The summed E-state index contributed by atoms with van der Waals surface area (Å²) in [7, 11) is 0. The van der Waals surface area contributed by atoms with Gasteiger partial charge in [-0.05, 0) is 52.1 Å². The lowest BCUT2D eigenvalue weighted by Crippen LogP contribution is -2.42. The van der Waals surface area contributed by atoms with Crippen LogP contribution in [-0.2, 0) is 13.1 Å². The fourth-order valence-corrected chi connectivity index (χ4v) is 3.66. The number of hydrogen-bond acceptors (Lipinski definition) is 4. The van der Waals surface area contributed by atoms with Crippen LogP contribution in [0.1, 0.15) is 61.1 Å². The van der Waals surface area contributed by atoms with E-state index < -0.39 is 0 Å². The van der Waals surface area contributed by atoms with Crippen molar-refractivity contribution in [1.29, 1.82) is 0 Å². The van der Waals surface area contributed by atoms with Gasteiger partial charge in [-0.3, -0.25) is 9.58 Å². The van der Waals surface area contributed by atoms with Crippen LogP contribution in [-0.4, -0.2) is 32.3 Å². The second-order valence-corrected chi connectivity index (χ2v) is 7.16. The predicted molar refractivity (Wildman–Crippen MR) is 88.2 cm³/mol. The van der Waals surface area contributed by atoms with Gasteiger partial charge in [0.2, 0.25) is 5.89 Å². The number of hydrogen-bond donors (Lipinski definition) is 0. The van der Waals surface area contributed by atoms with Gasteiger partial charge in [-0.15, -0.1) is 0 Å². The molecule has 2 fully saturated rings. The van der Waals surface area contributed by atoms with Crippen molar-refractivity contribution in [2.75, 3.05) is 6.54 Å². The summed E-state index contributed by atoms with van der Waals surface area (Å²) in [4.78, 5) is 7.03. The maximum Gasteiger partial charge on any atom is 0.208 e. The molecule has 1 aliphatic heterocycles. The molecular weight excluding hydrogens is 288 g/mol. The molecule has 3 heterocycles. The van der Waals surface area contributed by atoms with Gasteiger partial charge in [-0.2, -0.15) is 5.10 Å². The second kappa shape index (κ2) is 6.11. The Morgan fingerprint density at radius 2 is 2.09 bits per heavy atom. The average molecular weight is 314 g/mol. The van der Waals surface area contributed by atoms with Crippen molar-refractivity contribution in [2.45, 2.75) is 71.0 Å². The highest BCUT2D eigenvalue weighted by Crippen LogP contribution is 2.40. The first-order chi connectivity index (χ1) is 11.2. The normalized spacial score (nSPS) is 22.6. The summed E-state index contributed by atoms with van der Waals surface area (Å²) in [5, 5.41) is 4.63. The van der Waals surface area contributed by atoms with Crippen LogP contribution < -0.4 is 0 Å². The number of aromatic nitrogens is 3. The number of rotatable bonds is 5. The first-order valence-corrected chi connectivity index (χ1v) is 8.89. The molecule has 5 nitrogen and oxygen atoms in total. The lowest BCUT2D eigenvalue weighted by molar-refractivity contribution is 0.110. The van der Waals surface area contributed by atoms with Crippen molar-refractivity contribution < 1.29 is 4.42 Å². The Labute approximate surface area is 137 Å². The molecule has 2 aromatic heterocycles. The molecule has 1 atom stereocenters. The highest BCUT2D eigenvalue weighted by molar-refractivity contribution is 5.09. The zero-order valence-corrected chi connectivity index (χ0v) is 14.2. The molecule has 2 aromatic rings. The van der Waals surface area contributed by atoms with Crippen LogP contribution >= 0.6 is 0 Å². The van der Waals surface area contributed by atoms with Gasteiger partial charge in [0.1, 0.15) is 5.76 Å². The Bertz CT molecular complexity index is 670. The average Bonchev–Trinajstić information content (AvgIpc) is 3.20. The standard InChI is InChI=1S/C18H26N4O/c1-13-9-14(2)22(20-13)11-16-5-3-4-8-21(16)12-18-19-10-17(23-18)15-6-7-15/h9-10,15-16H,3-8,11-12H2,1-2H3. The van der Waals surface area contributed by atoms with Gasteiger partial charge in [-0.25, -0.2) is 4.98 Å². The van der Waals surface area contributed by atoms with Crippen LogP contribution in [0.2, 0.25) is 0 Å². The summed E-state index contributed by atoms with van der Waals surface area (Å²) in [6, 6.07) is 2.68. The summed E-state index contributed by atoms with van der Waals surface area (Å²) >= 11 is 0. The number of oxazole rings is 1. The van der Waals surface area contributed by atoms with Crippen molar-refractivity contribution in [3.05, 3.63) is 35.3 Å². The van der Waals surface area contributed by atoms with E-state index in [9.17, 15) is 0 Å². The lowest BCUT2D eigenvalue weighted by Gasteiger charge is -2.35. The van der Waals surface area contributed by atoms with E-state index in [0.717, 1.165) is 37.0 Å². The summed E-state index contributed by atoms with van der Waals surface area (Å²) in [6.45, 7) is 7.13. The Morgan fingerprint density at radius 3 is 2.83 bits per heavy atom. The van der Waals surface area contributed by atoms with Gasteiger partial charge in [0, 0.05) is 17.7 Å². The summed E-state index contributed by atoms with van der Waals surface area (Å²) in [5.41, 5.74) is 2.35. The Balaban J connectivity index is 1.44. The van der Waals surface area contributed by atoms with E-state index in [1.807, 2.05) is 6.20 Å². The Kier molecular flexibility index (Phi) is 3.97. The topological polar surface area (TPSA) is 47.1 Å². The van der Waals surface area contributed by atoms with E-state index in [1.165, 1.54) is 37.8 Å². The van der Waals surface area contributed by atoms with Crippen LogP contribution in [0.5, 0.6) is 0 Å². The van der Waals surface area contributed by atoms with Crippen molar-refractivity contribution in [3.63, 3.8) is 0 Å². The van der Waals surface area contributed by atoms with Gasteiger partial charge in [0.25, 0.3) is 0 Å². The highest BCUT2D eigenvalue weighted by Gasteiger charge is 2.29. The maximum atomic E-state index is 5.96. The molecule has 0 spiro atoms. The zero-order valence-electron chi connectivity index (χ0n) is 14.2. The molecule has 1 saturated carbocycles. The fraction of sp³-hybridized carbons (Fsp3) is 0.667. The molecule has 0 radical (unpaired) electrons. The van der Waals surface area contributed by atoms with Gasteiger partial charge < -0.3 is 4.42 Å². The molecule has 1 aliphatic carbocycles. The minimum absolute atomic E-state index is 0.526. The van der Waals surface area contributed by atoms with E-state index in [1.54, 1.807) is 0 Å². The molecule has 0 bridgehead atoms. The molecule has 2 aliphatic rings. The minimum atomic E-state index is 0.526. The first kappa shape index (κ1) is 14.9. The van der Waals surface area contributed by atoms with Crippen LogP contribution in [0.25, 0.3) is 0 Å². The van der Waals surface area contributed by atoms with E-state index in [0.29, 0.717) is 12.0 Å². The summed E-state index contributed by atoms with van der Waals surface area (Å²) in [5.74, 6) is 2.61. The molecule has 1 saturated heterocycles. The van der Waals surface area contributed by atoms with E-state index in [-0.39, 0.29) is 0 Å². The number of nitrogens with zero attached hydrogens (tertiary/aromatic N) is 4. The molecule has 23 heavy (non-hydrogen) atoms. The van der Waals surface area contributed by atoms with Crippen molar-refractivity contribution in [1.82, 2.24) is 19.7 Å². The number of likely N-dealkylation sites (tertiary alicyclic amines) is 1. The second-order valence-electron chi connectivity index (χ2n) is 7.16. The van der Waals surface area contributed by atoms with E-state index in [2.05, 4.69) is 39.6 Å². The molecule has 1 unspecified atom stereocenters. The molecule has 4 rings (SSSR count). The largest absolute Gasteiger partial charge is 0.444 e. The molecule has 0 N–H and O–H groups in total. The highest BCUT2D eigenvalue weighted by atomic mass is 16.4. The Morgan fingerprint density at radius 1 is 1.22 bits per heavy atom. The van der Waals surface area contributed by atoms with Gasteiger partial charge in [-0.1, -0.05) is 6.42 Å². The minimum Gasteiger partial charge on any atom is -0.444 e. The predicted octanol–water partition coefficient (Wildman–Crippen LogP) is 3.42. The van der Waals surface area contributed by atoms with Gasteiger partial charge in [0.05, 0.1) is 25.0 Å². The lowest BCUT2D eigenvalue weighted by atomic mass is 10.0. The Hall–Kier alpha value is -1.62. The smallest absolute Gasteiger partial charge is 0.208 e. The third kappa shape index (κ3) is 3.34. The zero-order chi connectivity index (χ0) is 15.8. The molecule has 124 valence electrons. The van der Waals surface area contributed by atoms with E-state index in [4.69, 9.17) is 4.42 Å². The van der Waals surface area contributed by atoms with Gasteiger partial charge >= 0.3 is 0 Å². The third-order valence-electron chi connectivity index (χ3n) is 5.13. The van der Waals surface area contributed by atoms with Crippen LogP contribution in [0, 0.1) is 13.8 Å². The van der Waals surface area contributed by atoms with Crippen LogP contribution in [0.15, 0.2) is 16.7 Å². The number of piperidine rings is 1. The number of aryl methyl sites for hydroxylation is 2. The van der Waals surface area contributed by atoms with Crippen LogP contribution in [0.4, 0.5) is 0 Å². The first-order valence-electron chi connectivity index (χ1n) is 8.89. The fourth-order valence-electron chi connectivity index (χ4n) is 3.66. The molecule has 0 aromatic carbocycles.